The van der Waals surface area contributed by atoms with E-state index in [2.05, 4.69) is 5.32 Å². The van der Waals surface area contributed by atoms with Crippen LogP contribution in [0.2, 0.25) is 0 Å². The molecule has 2 rings (SSSR count). The van der Waals surface area contributed by atoms with Crippen LogP contribution in [0, 0.1) is 0 Å². The molecule has 2 atom stereocenters. The monoisotopic (exact) mass is 353 g/mol. The number of rotatable bonds is 7. The molecule has 0 bridgehead atoms. The van der Waals surface area contributed by atoms with Gasteiger partial charge in [-0.05, 0) is 45.7 Å². The highest BCUT2D eigenvalue weighted by Crippen LogP contribution is 2.19. The van der Waals surface area contributed by atoms with Crippen molar-refractivity contribution in [2.75, 3.05) is 32.9 Å². The molecular weight excluding hydrogens is 326 g/mol. The van der Waals surface area contributed by atoms with Gasteiger partial charge >= 0.3 is 0 Å². The molecule has 0 spiro atoms. The standard InChI is InChI=1S/C17H27N3O3S/c1-5-20(6-2)17(22)14-9-12(10-19(14)3)18-16(21)15-8-7-13(23-15)11-24-4/h7-8,12,14H,5-6,9-11H2,1-4H3,(H,18,21). The van der Waals surface area contributed by atoms with Crippen LogP contribution >= 0.6 is 11.8 Å². The summed E-state index contributed by atoms with van der Waals surface area (Å²) >= 11 is 1.65. The lowest BCUT2D eigenvalue weighted by Gasteiger charge is -2.26. The van der Waals surface area contributed by atoms with E-state index in [0.717, 1.165) is 11.5 Å². The lowest BCUT2D eigenvalue weighted by atomic mass is 10.1. The zero-order chi connectivity index (χ0) is 17.7. The Morgan fingerprint density at radius 3 is 2.71 bits per heavy atom. The molecule has 2 heterocycles. The molecule has 134 valence electrons. The number of amides is 2. The fraction of sp³-hybridized carbons (Fsp3) is 0.647. The van der Waals surface area contributed by atoms with Crippen LogP contribution in [-0.4, -0.2) is 66.6 Å². The third-order valence-corrected chi connectivity index (χ3v) is 4.99. The Morgan fingerprint density at radius 2 is 2.08 bits per heavy atom. The maximum Gasteiger partial charge on any atom is 0.287 e. The zero-order valence-corrected chi connectivity index (χ0v) is 15.7. The Kier molecular flexibility index (Phi) is 6.74. The highest BCUT2D eigenvalue weighted by Gasteiger charge is 2.37. The lowest BCUT2D eigenvalue weighted by Crippen LogP contribution is -2.44. The molecule has 2 unspecified atom stereocenters. The quantitative estimate of drug-likeness (QED) is 0.810. The van der Waals surface area contributed by atoms with Crippen LogP contribution < -0.4 is 5.32 Å². The minimum Gasteiger partial charge on any atom is -0.455 e. The second-order valence-electron chi connectivity index (χ2n) is 6.07. The van der Waals surface area contributed by atoms with E-state index in [1.807, 2.05) is 43.0 Å². The molecule has 0 aromatic carbocycles. The van der Waals surface area contributed by atoms with Gasteiger partial charge in [-0.1, -0.05) is 0 Å². The summed E-state index contributed by atoms with van der Waals surface area (Å²) in [5, 5.41) is 2.99. The van der Waals surface area contributed by atoms with Gasteiger partial charge in [-0.3, -0.25) is 14.5 Å². The number of likely N-dealkylation sites (tertiary alicyclic amines) is 1. The van der Waals surface area contributed by atoms with Gasteiger partial charge in [0.15, 0.2) is 5.76 Å². The first-order valence-corrected chi connectivity index (χ1v) is 9.77. The van der Waals surface area contributed by atoms with Crippen molar-refractivity contribution < 1.29 is 14.0 Å². The average molecular weight is 353 g/mol. The van der Waals surface area contributed by atoms with Gasteiger partial charge in [0.2, 0.25) is 5.91 Å². The summed E-state index contributed by atoms with van der Waals surface area (Å²) in [7, 11) is 1.93. The van der Waals surface area contributed by atoms with Gasteiger partial charge in [0, 0.05) is 25.7 Å². The second-order valence-corrected chi connectivity index (χ2v) is 6.94. The third-order valence-electron chi connectivity index (χ3n) is 4.42. The molecule has 0 saturated carbocycles. The van der Waals surface area contributed by atoms with Gasteiger partial charge in [-0.2, -0.15) is 11.8 Å². The first kappa shape index (κ1) is 18.9. The predicted octanol–water partition coefficient (Wildman–Crippen LogP) is 1.81. The minimum atomic E-state index is -0.211. The van der Waals surface area contributed by atoms with Crippen molar-refractivity contribution in [1.82, 2.24) is 15.1 Å². The largest absolute Gasteiger partial charge is 0.455 e. The van der Waals surface area contributed by atoms with E-state index in [9.17, 15) is 9.59 Å². The molecule has 1 aliphatic heterocycles. The molecule has 1 aromatic rings. The summed E-state index contributed by atoms with van der Waals surface area (Å²) in [5.41, 5.74) is 0. The maximum absolute atomic E-state index is 12.5. The number of carbonyl (C=O) groups is 2. The Bertz CT molecular complexity index is 571. The van der Waals surface area contributed by atoms with Crippen molar-refractivity contribution in [3.8, 4) is 0 Å². The third kappa shape index (κ3) is 4.33. The maximum atomic E-state index is 12.5. The molecule has 1 saturated heterocycles. The van der Waals surface area contributed by atoms with Crippen molar-refractivity contribution >= 4 is 23.6 Å². The molecule has 1 aliphatic rings. The molecule has 6 nitrogen and oxygen atoms in total. The molecule has 1 aromatic heterocycles. The van der Waals surface area contributed by atoms with Gasteiger partial charge in [0.25, 0.3) is 5.91 Å². The van der Waals surface area contributed by atoms with Crippen LogP contribution in [0.1, 0.15) is 36.6 Å². The van der Waals surface area contributed by atoms with Gasteiger partial charge in [0.05, 0.1) is 11.8 Å². The number of hydrogen-bond acceptors (Lipinski definition) is 5. The smallest absolute Gasteiger partial charge is 0.287 e. The number of nitrogens with zero attached hydrogens (tertiary/aromatic N) is 2. The number of hydrogen-bond donors (Lipinski definition) is 1. The molecule has 7 heteroatoms. The first-order chi connectivity index (χ1) is 11.5. The SMILES string of the molecule is CCN(CC)C(=O)C1CC(NC(=O)c2ccc(CSC)o2)CN1C. The Hall–Kier alpha value is -1.47. The molecule has 24 heavy (non-hydrogen) atoms. The van der Waals surface area contributed by atoms with Gasteiger partial charge in [-0.15, -0.1) is 0 Å². The van der Waals surface area contributed by atoms with E-state index < -0.39 is 0 Å². The summed E-state index contributed by atoms with van der Waals surface area (Å²) in [6.45, 7) is 6.06. The first-order valence-electron chi connectivity index (χ1n) is 8.37. The van der Waals surface area contributed by atoms with Crippen LogP contribution in [-0.2, 0) is 10.5 Å². The molecule has 2 amide bonds. The summed E-state index contributed by atoms with van der Waals surface area (Å²) in [4.78, 5) is 28.7. The van der Waals surface area contributed by atoms with Crippen LogP contribution in [0.15, 0.2) is 16.5 Å². The van der Waals surface area contributed by atoms with E-state index in [4.69, 9.17) is 4.42 Å². The van der Waals surface area contributed by atoms with Gasteiger partial charge < -0.3 is 14.6 Å². The summed E-state index contributed by atoms with van der Waals surface area (Å²) in [5.74, 6) is 1.81. The molecule has 0 radical (unpaired) electrons. The molecule has 0 aliphatic carbocycles. The van der Waals surface area contributed by atoms with E-state index in [1.54, 1.807) is 17.8 Å². The van der Waals surface area contributed by atoms with Crippen LogP contribution in [0.4, 0.5) is 0 Å². The Balaban J connectivity index is 1.94. The van der Waals surface area contributed by atoms with E-state index >= 15 is 0 Å². The van der Waals surface area contributed by atoms with Crippen molar-refractivity contribution in [2.24, 2.45) is 0 Å². The second kappa shape index (κ2) is 8.58. The fourth-order valence-corrected chi connectivity index (χ4v) is 3.55. The lowest BCUT2D eigenvalue weighted by molar-refractivity contribution is -0.135. The number of nitrogens with one attached hydrogen (secondary N) is 1. The number of thioether (sulfide) groups is 1. The summed E-state index contributed by atoms with van der Waals surface area (Å²) < 4.78 is 5.55. The zero-order valence-electron chi connectivity index (χ0n) is 14.9. The molecule has 1 N–H and O–H groups in total. The number of carbonyl (C=O) groups excluding carboxylic acids is 2. The Morgan fingerprint density at radius 1 is 1.38 bits per heavy atom. The van der Waals surface area contributed by atoms with Crippen molar-refractivity contribution in [2.45, 2.75) is 38.1 Å². The van der Waals surface area contributed by atoms with Gasteiger partial charge in [0.1, 0.15) is 5.76 Å². The highest BCUT2D eigenvalue weighted by atomic mass is 32.2. The van der Waals surface area contributed by atoms with Crippen molar-refractivity contribution in [3.63, 3.8) is 0 Å². The van der Waals surface area contributed by atoms with E-state index in [0.29, 0.717) is 31.8 Å². The van der Waals surface area contributed by atoms with Crippen molar-refractivity contribution in [3.05, 3.63) is 23.7 Å². The average Bonchev–Trinajstić information content (AvgIpc) is 3.15. The summed E-state index contributed by atoms with van der Waals surface area (Å²) in [6.07, 6.45) is 2.62. The van der Waals surface area contributed by atoms with Crippen LogP contribution in [0.3, 0.4) is 0 Å². The number of furan rings is 1. The highest BCUT2D eigenvalue weighted by molar-refractivity contribution is 7.97. The normalized spacial score (nSPS) is 21.0. The predicted molar refractivity (Wildman–Crippen MR) is 96.1 cm³/mol. The minimum absolute atomic E-state index is 0.0406. The van der Waals surface area contributed by atoms with Gasteiger partial charge in [-0.25, -0.2) is 0 Å². The summed E-state index contributed by atoms with van der Waals surface area (Å²) in [6, 6.07) is 3.33. The van der Waals surface area contributed by atoms with E-state index in [-0.39, 0.29) is 23.9 Å². The molecular formula is C17H27N3O3S. The van der Waals surface area contributed by atoms with Crippen LogP contribution in [0.25, 0.3) is 0 Å². The van der Waals surface area contributed by atoms with E-state index in [1.165, 1.54) is 0 Å². The number of likely N-dealkylation sites (N-methyl/N-ethyl adjacent to an activating group) is 2. The Labute approximate surface area is 147 Å². The molecule has 1 fully saturated rings. The van der Waals surface area contributed by atoms with Crippen LogP contribution in [0.5, 0.6) is 0 Å². The fourth-order valence-electron chi connectivity index (χ4n) is 3.12. The topological polar surface area (TPSA) is 65.8 Å². The van der Waals surface area contributed by atoms with Crippen molar-refractivity contribution in [1.29, 1.82) is 0 Å².